The molecule has 1 heterocycles. The molecular weight excluding hydrogens is 308 g/mol. The maximum Gasteiger partial charge on any atom is 0.252 e. The summed E-state index contributed by atoms with van der Waals surface area (Å²) < 4.78 is 1.65. The quantitative estimate of drug-likeness (QED) is 0.698. The molecule has 1 atom stereocenters. The van der Waals surface area contributed by atoms with Crippen LogP contribution in [0.5, 0.6) is 0 Å². The normalized spacial score (nSPS) is 11.9. The van der Waals surface area contributed by atoms with Crippen molar-refractivity contribution in [3.63, 3.8) is 0 Å². The van der Waals surface area contributed by atoms with Crippen LogP contribution in [-0.2, 0) is 0 Å². The number of pyridine rings is 1. The van der Waals surface area contributed by atoms with Gasteiger partial charge in [-0.1, -0.05) is 28.1 Å². The van der Waals surface area contributed by atoms with Gasteiger partial charge in [0.1, 0.15) is 0 Å². The number of carbonyl (C=O) groups is 1. The highest BCUT2D eigenvalue weighted by atomic mass is 79.9. The lowest BCUT2D eigenvalue weighted by molar-refractivity contribution is -0.605. The second-order valence-electron chi connectivity index (χ2n) is 4.19. The van der Waals surface area contributed by atoms with Crippen molar-refractivity contribution in [3.05, 3.63) is 69.6 Å². The second kappa shape index (κ2) is 5.84. The first-order valence-electron chi connectivity index (χ1n) is 5.81. The number of nitrogens with zero attached hydrogens (tertiary/aromatic N) is 1. The SMILES string of the molecule is CC(NC(=O)c1cc[n+]([O-])cc1)c1ccc(Br)cc1. The van der Waals surface area contributed by atoms with Crippen LogP contribution in [0.15, 0.2) is 53.3 Å². The third-order valence-corrected chi connectivity index (χ3v) is 3.31. The van der Waals surface area contributed by atoms with Crippen molar-refractivity contribution in [2.24, 2.45) is 0 Å². The Labute approximate surface area is 119 Å². The fourth-order valence-corrected chi connectivity index (χ4v) is 1.94. The second-order valence-corrected chi connectivity index (χ2v) is 5.11. The average Bonchev–Trinajstić information content (AvgIpc) is 2.40. The zero-order valence-electron chi connectivity index (χ0n) is 10.3. The number of hydrogen-bond acceptors (Lipinski definition) is 2. The summed E-state index contributed by atoms with van der Waals surface area (Å²) in [6, 6.07) is 10.7. The summed E-state index contributed by atoms with van der Waals surface area (Å²) >= 11 is 3.37. The predicted octanol–water partition coefficient (Wildman–Crippen LogP) is 2.57. The molecule has 0 radical (unpaired) electrons. The van der Waals surface area contributed by atoms with E-state index in [1.54, 1.807) is 0 Å². The zero-order chi connectivity index (χ0) is 13.8. The molecule has 0 spiro atoms. The lowest BCUT2D eigenvalue weighted by atomic mass is 10.1. The molecule has 0 aliphatic heterocycles. The first kappa shape index (κ1) is 13.5. The maximum absolute atomic E-state index is 12.0. The monoisotopic (exact) mass is 320 g/mol. The molecule has 1 aromatic heterocycles. The van der Waals surface area contributed by atoms with Gasteiger partial charge in [-0.15, -0.1) is 0 Å². The van der Waals surface area contributed by atoms with E-state index in [2.05, 4.69) is 21.2 Å². The Bertz CT molecular complexity index is 567. The molecule has 0 aliphatic rings. The maximum atomic E-state index is 12.0. The van der Waals surface area contributed by atoms with Crippen LogP contribution >= 0.6 is 15.9 Å². The van der Waals surface area contributed by atoms with Gasteiger partial charge in [0, 0.05) is 16.6 Å². The Kier molecular flexibility index (Phi) is 4.16. The third kappa shape index (κ3) is 3.54. The van der Waals surface area contributed by atoms with E-state index in [-0.39, 0.29) is 11.9 Å². The molecule has 1 unspecified atom stereocenters. The van der Waals surface area contributed by atoms with E-state index >= 15 is 0 Å². The number of rotatable bonds is 3. The Morgan fingerprint density at radius 2 is 1.79 bits per heavy atom. The van der Waals surface area contributed by atoms with Gasteiger partial charge in [0.15, 0.2) is 12.4 Å². The van der Waals surface area contributed by atoms with E-state index in [1.807, 2.05) is 31.2 Å². The van der Waals surface area contributed by atoms with Crippen LogP contribution < -0.4 is 10.0 Å². The Morgan fingerprint density at radius 1 is 1.21 bits per heavy atom. The molecular formula is C14H13BrN2O2. The van der Waals surface area contributed by atoms with Crippen molar-refractivity contribution in [3.8, 4) is 0 Å². The number of aromatic nitrogens is 1. The van der Waals surface area contributed by atoms with Gasteiger partial charge < -0.3 is 10.5 Å². The van der Waals surface area contributed by atoms with Gasteiger partial charge >= 0.3 is 0 Å². The minimum absolute atomic E-state index is 0.0971. The van der Waals surface area contributed by atoms with Crippen molar-refractivity contribution < 1.29 is 9.52 Å². The van der Waals surface area contributed by atoms with Gasteiger partial charge in [0.05, 0.1) is 11.6 Å². The number of carbonyl (C=O) groups excluding carboxylic acids is 1. The lowest BCUT2D eigenvalue weighted by Gasteiger charge is -2.14. The summed E-state index contributed by atoms with van der Waals surface area (Å²) in [5.74, 6) is -0.198. The Hall–Kier alpha value is -1.88. The molecule has 1 aromatic carbocycles. The van der Waals surface area contributed by atoms with Crippen molar-refractivity contribution >= 4 is 21.8 Å². The van der Waals surface area contributed by atoms with Gasteiger partial charge in [0.25, 0.3) is 5.91 Å². The van der Waals surface area contributed by atoms with Crippen molar-refractivity contribution in [2.75, 3.05) is 0 Å². The van der Waals surface area contributed by atoms with Crippen molar-refractivity contribution in [1.29, 1.82) is 0 Å². The van der Waals surface area contributed by atoms with Gasteiger partial charge in [-0.3, -0.25) is 4.79 Å². The Morgan fingerprint density at radius 3 is 2.37 bits per heavy atom. The van der Waals surface area contributed by atoms with Gasteiger partial charge in [0.2, 0.25) is 0 Å². The molecule has 1 amide bonds. The summed E-state index contributed by atoms with van der Waals surface area (Å²) in [5.41, 5.74) is 1.49. The minimum atomic E-state index is -0.198. The number of hydrogen-bond donors (Lipinski definition) is 1. The average molecular weight is 321 g/mol. The van der Waals surface area contributed by atoms with E-state index in [9.17, 15) is 10.0 Å². The molecule has 0 saturated heterocycles. The Balaban J connectivity index is 2.06. The highest BCUT2D eigenvalue weighted by Gasteiger charge is 2.11. The smallest absolute Gasteiger partial charge is 0.252 e. The van der Waals surface area contributed by atoms with Gasteiger partial charge in [-0.2, -0.15) is 4.73 Å². The van der Waals surface area contributed by atoms with E-state index in [0.717, 1.165) is 10.0 Å². The minimum Gasteiger partial charge on any atom is -0.619 e. The molecule has 98 valence electrons. The molecule has 0 aliphatic carbocycles. The van der Waals surface area contributed by atoms with Gasteiger partial charge in [-0.05, 0) is 24.6 Å². The molecule has 4 nitrogen and oxygen atoms in total. The predicted molar refractivity (Wildman–Crippen MR) is 75.4 cm³/mol. The van der Waals surface area contributed by atoms with Gasteiger partial charge in [-0.25, -0.2) is 0 Å². The molecule has 0 fully saturated rings. The molecule has 0 saturated carbocycles. The molecule has 5 heteroatoms. The van der Waals surface area contributed by atoms with E-state index < -0.39 is 0 Å². The highest BCUT2D eigenvalue weighted by Crippen LogP contribution is 2.16. The molecule has 19 heavy (non-hydrogen) atoms. The number of nitrogens with one attached hydrogen (secondary N) is 1. The standard InChI is InChI=1S/C14H13BrN2O2/c1-10(11-2-4-13(15)5-3-11)16-14(18)12-6-8-17(19)9-7-12/h2-10H,1H3,(H,16,18). The van der Waals surface area contributed by atoms with Crippen LogP contribution in [0.25, 0.3) is 0 Å². The topological polar surface area (TPSA) is 56.0 Å². The van der Waals surface area contributed by atoms with Crippen molar-refractivity contribution in [2.45, 2.75) is 13.0 Å². The molecule has 1 N–H and O–H groups in total. The van der Waals surface area contributed by atoms with Crippen LogP contribution in [0.3, 0.4) is 0 Å². The van der Waals surface area contributed by atoms with Crippen LogP contribution in [-0.4, -0.2) is 5.91 Å². The highest BCUT2D eigenvalue weighted by molar-refractivity contribution is 9.10. The zero-order valence-corrected chi connectivity index (χ0v) is 11.9. The summed E-state index contributed by atoms with van der Waals surface area (Å²) in [6.45, 7) is 1.91. The van der Waals surface area contributed by atoms with E-state index in [1.165, 1.54) is 24.5 Å². The van der Waals surface area contributed by atoms with Crippen LogP contribution in [0.2, 0.25) is 0 Å². The fourth-order valence-electron chi connectivity index (χ4n) is 1.68. The number of halogens is 1. The molecule has 2 aromatic rings. The summed E-state index contributed by atoms with van der Waals surface area (Å²) in [6.07, 6.45) is 2.61. The van der Waals surface area contributed by atoms with E-state index in [4.69, 9.17) is 0 Å². The first-order chi connectivity index (χ1) is 9.06. The van der Waals surface area contributed by atoms with Crippen LogP contribution in [0.4, 0.5) is 0 Å². The molecule has 2 rings (SSSR count). The van der Waals surface area contributed by atoms with Crippen LogP contribution in [0, 0.1) is 5.21 Å². The summed E-state index contributed by atoms with van der Waals surface area (Å²) in [7, 11) is 0. The number of amides is 1. The van der Waals surface area contributed by atoms with Crippen LogP contribution in [0.1, 0.15) is 28.9 Å². The molecule has 0 bridgehead atoms. The van der Waals surface area contributed by atoms with E-state index in [0.29, 0.717) is 10.3 Å². The summed E-state index contributed by atoms with van der Waals surface area (Å²) in [5, 5.41) is 13.8. The first-order valence-corrected chi connectivity index (χ1v) is 6.61. The fraction of sp³-hybridized carbons (Fsp3) is 0.143. The van der Waals surface area contributed by atoms with Crippen molar-refractivity contribution in [1.82, 2.24) is 5.32 Å². The largest absolute Gasteiger partial charge is 0.619 e. The number of benzene rings is 1. The third-order valence-electron chi connectivity index (χ3n) is 2.78. The summed E-state index contributed by atoms with van der Waals surface area (Å²) in [4.78, 5) is 12.0. The lowest BCUT2D eigenvalue weighted by Crippen LogP contribution is -2.29.